The van der Waals surface area contributed by atoms with Gasteiger partial charge in [0, 0.05) is 45.0 Å². The van der Waals surface area contributed by atoms with Crippen LogP contribution >= 0.6 is 0 Å². The molecule has 0 unspecified atom stereocenters. The molecule has 0 heterocycles. The van der Waals surface area contributed by atoms with Gasteiger partial charge in [0.15, 0.2) is 5.96 Å². The monoisotopic (exact) mass is 378 g/mol. The highest BCUT2D eigenvalue weighted by Crippen LogP contribution is 2.17. The number of rotatable bonds is 14. The number of nitrogens with one attached hydrogen (secondary N) is 2. The zero-order valence-electron chi connectivity index (χ0n) is 17.6. The summed E-state index contributed by atoms with van der Waals surface area (Å²) in [7, 11) is 1.70. The van der Waals surface area contributed by atoms with Crippen molar-refractivity contribution >= 4 is 11.6 Å². The van der Waals surface area contributed by atoms with Gasteiger partial charge in [0.1, 0.15) is 5.75 Å². The Bertz CT molecular complexity index is 519. The van der Waals surface area contributed by atoms with Crippen LogP contribution in [0, 0.1) is 0 Å². The molecule has 0 aliphatic rings. The van der Waals surface area contributed by atoms with Crippen LogP contribution in [0.5, 0.6) is 5.75 Å². The molecule has 0 spiro atoms. The summed E-state index contributed by atoms with van der Waals surface area (Å²) in [6.45, 7) is 12.9. The molecular weight excluding hydrogens is 340 g/mol. The number of guanidine groups is 1. The third-order valence-electron chi connectivity index (χ3n) is 4.25. The number of hydrogen-bond acceptors (Lipinski definition) is 4. The van der Waals surface area contributed by atoms with E-state index in [1.807, 2.05) is 24.3 Å². The van der Waals surface area contributed by atoms with Crippen molar-refractivity contribution in [2.45, 2.75) is 40.0 Å². The van der Waals surface area contributed by atoms with E-state index in [0.717, 1.165) is 63.0 Å². The zero-order valence-corrected chi connectivity index (χ0v) is 17.6. The molecule has 0 radical (unpaired) electrons. The Morgan fingerprint density at radius 2 is 1.89 bits per heavy atom. The summed E-state index contributed by atoms with van der Waals surface area (Å²) in [6, 6.07) is 7.98. The van der Waals surface area contributed by atoms with Crippen LogP contribution in [-0.4, -0.2) is 63.9 Å². The molecule has 0 fully saturated rings. The Labute approximate surface area is 165 Å². The molecule has 0 saturated heterocycles. The lowest BCUT2D eigenvalue weighted by atomic mass is 10.3. The minimum absolute atomic E-state index is 0.651. The molecule has 1 rings (SSSR count). The fourth-order valence-corrected chi connectivity index (χ4v) is 2.68. The number of ether oxygens (including phenoxy) is 2. The Balaban J connectivity index is 2.48. The number of benzene rings is 1. The summed E-state index contributed by atoms with van der Waals surface area (Å²) in [5.74, 6) is 1.67. The van der Waals surface area contributed by atoms with E-state index in [4.69, 9.17) is 14.5 Å². The summed E-state index contributed by atoms with van der Waals surface area (Å²) in [4.78, 5) is 7.14. The van der Waals surface area contributed by atoms with Crippen LogP contribution in [0.1, 0.15) is 40.0 Å². The summed E-state index contributed by atoms with van der Waals surface area (Å²) in [5, 5.41) is 6.67. The smallest absolute Gasteiger partial charge is 0.195 e. The Hall–Kier alpha value is -1.79. The molecule has 2 N–H and O–H groups in total. The van der Waals surface area contributed by atoms with Gasteiger partial charge < -0.3 is 25.0 Å². The minimum Gasteiger partial charge on any atom is -0.493 e. The first-order valence-corrected chi connectivity index (χ1v) is 10.2. The van der Waals surface area contributed by atoms with Gasteiger partial charge in [-0.2, -0.15) is 0 Å². The lowest BCUT2D eigenvalue weighted by molar-refractivity contribution is 0.172. The molecule has 6 heteroatoms. The van der Waals surface area contributed by atoms with Gasteiger partial charge >= 0.3 is 0 Å². The zero-order chi connectivity index (χ0) is 19.7. The molecule has 154 valence electrons. The maximum absolute atomic E-state index is 5.76. The van der Waals surface area contributed by atoms with Gasteiger partial charge in [0.05, 0.1) is 6.61 Å². The van der Waals surface area contributed by atoms with E-state index in [1.165, 1.54) is 6.42 Å². The highest BCUT2D eigenvalue weighted by atomic mass is 16.5. The number of unbranched alkanes of at least 4 members (excludes halogenated alkanes) is 1. The number of aliphatic imine (C=N–C) groups is 1. The van der Waals surface area contributed by atoms with Crippen molar-refractivity contribution < 1.29 is 9.47 Å². The number of methoxy groups -OCH3 is 1. The van der Waals surface area contributed by atoms with Crippen molar-refractivity contribution in [1.29, 1.82) is 0 Å². The predicted octanol–water partition coefficient (Wildman–Crippen LogP) is 3.60. The largest absolute Gasteiger partial charge is 0.493 e. The van der Waals surface area contributed by atoms with Crippen LogP contribution < -0.4 is 15.4 Å². The highest BCUT2D eigenvalue weighted by Gasteiger charge is 2.02. The Morgan fingerprint density at radius 3 is 2.59 bits per heavy atom. The fourth-order valence-electron chi connectivity index (χ4n) is 2.68. The quantitative estimate of drug-likeness (QED) is 0.294. The van der Waals surface area contributed by atoms with Crippen LogP contribution in [0.2, 0.25) is 0 Å². The Morgan fingerprint density at radius 1 is 1.07 bits per heavy atom. The van der Waals surface area contributed by atoms with Gasteiger partial charge in [0.2, 0.25) is 0 Å². The molecule has 1 aromatic rings. The molecule has 0 bridgehead atoms. The maximum atomic E-state index is 5.76. The molecule has 0 aliphatic carbocycles. The average molecular weight is 379 g/mol. The standard InChI is InChI=1S/C21H38N4O2/c1-5-22-21(23-14-8-9-15-25(6-2)7-3)24-19-12-10-13-20(18-19)27-17-11-16-26-4/h10,12-13,18H,5-9,11,14-17H2,1-4H3,(H2,22,23,24). The van der Waals surface area contributed by atoms with Crippen molar-refractivity contribution in [2.24, 2.45) is 4.99 Å². The van der Waals surface area contributed by atoms with Crippen molar-refractivity contribution in [2.75, 3.05) is 58.4 Å². The van der Waals surface area contributed by atoms with Gasteiger partial charge in [-0.05, 0) is 51.5 Å². The lowest BCUT2D eigenvalue weighted by Gasteiger charge is -2.17. The molecule has 6 nitrogen and oxygen atoms in total. The maximum Gasteiger partial charge on any atom is 0.195 e. The summed E-state index contributed by atoms with van der Waals surface area (Å²) in [6.07, 6.45) is 3.15. The van der Waals surface area contributed by atoms with E-state index < -0.39 is 0 Å². The first-order valence-electron chi connectivity index (χ1n) is 10.2. The van der Waals surface area contributed by atoms with Gasteiger partial charge in [-0.15, -0.1) is 0 Å². The third-order valence-corrected chi connectivity index (χ3v) is 4.25. The normalized spacial score (nSPS) is 11.7. The van der Waals surface area contributed by atoms with Crippen LogP contribution in [0.4, 0.5) is 5.69 Å². The number of nitrogens with zero attached hydrogens (tertiary/aromatic N) is 2. The minimum atomic E-state index is 0.651. The average Bonchev–Trinajstić information content (AvgIpc) is 2.68. The van der Waals surface area contributed by atoms with Crippen molar-refractivity contribution in [3.05, 3.63) is 24.3 Å². The number of hydrogen-bond donors (Lipinski definition) is 2. The topological polar surface area (TPSA) is 58.1 Å². The van der Waals surface area contributed by atoms with E-state index in [9.17, 15) is 0 Å². The van der Waals surface area contributed by atoms with Crippen LogP contribution in [0.15, 0.2) is 29.3 Å². The lowest BCUT2D eigenvalue weighted by Crippen LogP contribution is -2.30. The SMILES string of the molecule is CCNC(=NCCCCN(CC)CC)Nc1cccc(OCCCOC)c1. The van der Waals surface area contributed by atoms with Crippen LogP contribution in [-0.2, 0) is 4.74 Å². The highest BCUT2D eigenvalue weighted by molar-refractivity contribution is 5.93. The van der Waals surface area contributed by atoms with Crippen LogP contribution in [0.25, 0.3) is 0 Å². The van der Waals surface area contributed by atoms with Gasteiger partial charge in [0.25, 0.3) is 0 Å². The molecular formula is C21H38N4O2. The summed E-state index contributed by atoms with van der Waals surface area (Å²) >= 11 is 0. The third kappa shape index (κ3) is 10.8. The predicted molar refractivity (Wildman–Crippen MR) is 115 cm³/mol. The Kier molecular flexibility index (Phi) is 13.2. The van der Waals surface area contributed by atoms with Crippen LogP contribution in [0.3, 0.4) is 0 Å². The first-order chi connectivity index (χ1) is 13.2. The van der Waals surface area contributed by atoms with Gasteiger partial charge in [-0.25, -0.2) is 0 Å². The van der Waals surface area contributed by atoms with E-state index in [-0.39, 0.29) is 0 Å². The van der Waals surface area contributed by atoms with Gasteiger partial charge in [-0.1, -0.05) is 19.9 Å². The fraction of sp³-hybridized carbons (Fsp3) is 0.667. The second-order valence-corrected chi connectivity index (χ2v) is 6.34. The molecule has 0 atom stereocenters. The van der Waals surface area contributed by atoms with E-state index in [0.29, 0.717) is 13.2 Å². The van der Waals surface area contributed by atoms with E-state index >= 15 is 0 Å². The molecule has 0 aliphatic heterocycles. The molecule has 0 aromatic heterocycles. The first kappa shape index (κ1) is 23.2. The van der Waals surface area contributed by atoms with Crippen molar-refractivity contribution in [1.82, 2.24) is 10.2 Å². The second kappa shape index (κ2) is 15.3. The van der Waals surface area contributed by atoms with Gasteiger partial charge in [-0.3, -0.25) is 4.99 Å². The summed E-state index contributed by atoms with van der Waals surface area (Å²) in [5.41, 5.74) is 0.974. The molecule has 27 heavy (non-hydrogen) atoms. The van der Waals surface area contributed by atoms with Crippen molar-refractivity contribution in [3.8, 4) is 5.75 Å². The molecule has 1 aromatic carbocycles. The number of anilines is 1. The second-order valence-electron chi connectivity index (χ2n) is 6.34. The van der Waals surface area contributed by atoms with E-state index in [1.54, 1.807) is 7.11 Å². The van der Waals surface area contributed by atoms with E-state index in [2.05, 4.69) is 36.3 Å². The summed E-state index contributed by atoms with van der Waals surface area (Å²) < 4.78 is 10.8. The molecule has 0 amide bonds. The molecule has 0 saturated carbocycles. The van der Waals surface area contributed by atoms with Crippen molar-refractivity contribution in [3.63, 3.8) is 0 Å².